The van der Waals surface area contributed by atoms with E-state index in [0.717, 1.165) is 49.3 Å². The third-order valence-electron chi connectivity index (χ3n) is 5.36. The summed E-state index contributed by atoms with van der Waals surface area (Å²) in [6.07, 6.45) is 1.47. The number of fused-ring (bicyclic) bond motifs is 1. The third-order valence-corrected chi connectivity index (χ3v) is 5.36. The summed E-state index contributed by atoms with van der Waals surface area (Å²) < 4.78 is 5.35. The fraction of sp³-hybridized carbons (Fsp3) is 0.273. The van der Waals surface area contributed by atoms with Crippen molar-refractivity contribution in [2.75, 3.05) is 38.2 Å². The van der Waals surface area contributed by atoms with Gasteiger partial charge in [-0.25, -0.2) is 4.79 Å². The highest BCUT2D eigenvalue weighted by Crippen LogP contribution is 2.32. The first-order chi connectivity index (χ1) is 13.7. The van der Waals surface area contributed by atoms with Crippen LogP contribution in [-0.4, -0.2) is 49.3 Å². The normalized spacial score (nSPS) is 15.0. The predicted octanol–water partition coefficient (Wildman–Crippen LogP) is 1.85. The lowest BCUT2D eigenvalue weighted by atomic mass is 10.1. The summed E-state index contributed by atoms with van der Waals surface area (Å²) >= 11 is 0. The van der Waals surface area contributed by atoms with E-state index < -0.39 is 5.97 Å². The van der Waals surface area contributed by atoms with Crippen molar-refractivity contribution in [2.24, 2.45) is 0 Å². The smallest absolute Gasteiger partial charge is 0.339 e. The first kappa shape index (κ1) is 18.3. The number of benzene rings is 2. The highest BCUT2D eigenvalue weighted by Gasteiger charge is 2.26. The van der Waals surface area contributed by atoms with Gasteiger partial charge in [0.05, 0.1) is 44.5 Å². The summed E-state index contributed by atoms with van der Waals surface area (Å²) in [5.41, 5.74) is 3.10. The van der Waals surface area contributed by atoms with Crippen molar-refractivity contribution in [3.63, 3.8) is 0 Å². The van der Waals surface area contributed by atoms with Gasteiger partial charge in [0, 0.05) is 17.1 Å². The molecule has 1 aliphatic heterocycles. The molecule has 4 rings (SSSR count). The van der Waals surface area contributed by atoms with Gasteiger partial charge in [0.2, 0.25) is 0 Å². The first-order valence-electron chi connectivity index (χ1n) is 9.48. The maximum Gasteiger partial charge on any atom is 0.339 e. The number of nitrogens with zero attached hydrogens (tertiary/aromatic N) is 2. The Kier molecular flexibility index (Phi) is 5.12. The van der Waals surface area contributed by atoms with Crippen molar-refractivity contribution in [3.8, 4) is 5.75 Å². The second-order valence-corrected chi connectivity index (χ2v) is 7.11. The molecule has 6 heteroatoms. The maximum absolute atomic E-state index is 11.9. The average molecular weight is 378 g/mol. The minimum absolute atomic E-state index is 0.243. The number of rotatable bonds is 5. The van der Waals surface area contributed by atoms with Gasteiger partial charge in [0.1, 0.15) is 17.9 Å². The van der Waals surface area contributed by atoms with Gasteiger partial charge >= 0.3 is 5.97 Å². The minimum Gasteiger partial charge on any atom is -0.497 e. The van der Waals surface area contributed by atoms with Crippen LogP contribution < -0.4 is 14.5 Å². The Bertz CT molecular complexity index is 983. The minimum atomic E-state index is -0.953. The lowest BCUT2D eigenvalue weighted by molar-refractivity contribution is -0.914. The summed E-state index contributed by atoms with van der Waals surface area (Å²) in [7, 11) is 1.61. The van der Waals surface area contributed by atoms with Crippen molar-refractivity contribution >= 4 is 22.6 Å². The van der Waals surface area contributed by atoms with Gasteiger partial charge in [-0.05, 0) is 18.2 Å². The molecule has 0 unspecified atom stereocenters. The topological polar surface area (TPSA) is 67.1 Å². The van der Waals surface area contributed by atoms with Crippen LogP contribution in [0.4, 0.5) is 5.69 Å². The van der Waals surface area contributed by atoms with Crippen molar-refractivity contribution in [1.29, 1.82) is 0 Å². The van der Waals surface area contributed by atoms with Crippen molar-refractivity contribution in [3.05, 3.63) is 65.9 Å². The van der Waals surface area contributed by atoms with Crippen molar-refractivity contribution in [1.82, 2.24) is 4.98 Å². The molecule has 1 saturated heterocycles. The monoisotopic (exact) mass is 378 g/mol. The molecule has 0 spiro atoms. The Labute approximate surface area is 164 Å². The highest BCUT2D eigenvalue weighted by atomic mass is 16.5. The van der Waals surface area contributed by atoms with Gasteiger partial charge in [0.15, 0.2) is 0 Å². The molecule has 2 N–H and O–H groups in total. The number of carboxylic acid groups (broad SMARTS) is 1. The lowest BCUT2D eigenvalue weighted by Gasteiger charge is -2.35. The zero-order valence-corrected chi connectivity index (χ0v) is 15.9. The van der Waals surface area contributed by atoms with Crippen molar-refractivity contribution < 1.29 is 19.5 Å². The second-order valence-electron chi connectivity index (χ2n) is 7.11. The number of hydrogen-bond donors (Lipinski definition) is 2. The van der Waals surface area contributed by atoms with Crippen LogP contribution in [0.25, 0.3) is 10.9 Å². The molecule has 3 aromatic rings. The Morgan fingerprint density at radius 2 is 1.93 bits per heavy atom. The number of quaternary nitrogens is 1. The van der Waals surface area contributed by atoms with E-state index in [4.69, 9.17) is 4.74 Å². The van der Waals surface area contributed by atoms with Crippen LogP contribution in [-0.2, 0) is 6.54 Å². The van der Waals surface area contributed by atoms with Gasteiger partial charge < -0.3 is 19.6 Å². The number of aromatic carboxylic acids is 1. The molecular weight excluding hydrogens is 354 g/mol. The predicted molar refractivity (Wildman–Crippen MR) is 108 cm³/mol. The standard InChI is InChI=1S/C22H23N3O3/c1-28-17-7-8-20-18(13-17)21(19(14-23-20)22(26)27)25-11-9-24(10-12-25)15-16-5-3-2-4-6-16/h2-8,13-14H,9-12,15H2,1H3,(H,26,27)/p+1. The third kappa shape index (κ3) is 3.64. The van der Waals surface area contributed by atoms with E-state index in [1.807, 2.05) is 24.3 Å². The Morgan fingerprint density at radius 3 is 2.61 bits per heavy atom. The van der Waals surface area contributed by atoms with E-state index in [2.05, 4.69) is 34.1 Å². The number of methoxy groups -OCH3 is 1. The van der Waals surface area contributed by atoms with E-state index in [-0.39, 0.29) is 5.56 Å². The average Bonchev–Trinajstić information content (AvgIpc) is 2.73. The molecule has 2 aromatic carbocycles. The highest BCUT2D eigenvalue weighted by molar-refractivity contribution is 6.05. The molecule has 0 amide bonds. The number of carboxylic acids is 1. The molecule has 6 nitrogen and oxygen atoms in total. The fourth-order valence-electron chi connectivity index (χ4n) is 3.89. The number of carbonyl (C=O) groups is 1. The summed E-state index contributed by atoms with van der Waals surface area (Å²) in [5, 5.41) is 10.6. The maximum atomic E-state index is 11.9. The molecule has 0 atom stereocenters. The van der Waals surface area contributed by atoms with E-state index in [1.54, 1.807) is 7.11 Å². The number of aromatic nitrogens is 1. The molecule has 2 heterocycles. The zero-order chi connectivity index (χ0) is 19.5. The van der Waals surface area contributed by atoms with Crippen LogP contribution in [0.5, 0.6) is 5.75 Å². The summed E-state index contributed by atoms with van der Waals surface area (Å²) in [6.45, 7) is 4.52. The Balaban J connectivity index is 1.61. The van der Waals surface area contributed by atoms with Crippen LogP contribution in [0, 0.1) is 0 Å². The largest absolute Gasteiger partial charge is 0.497 e. The molecule has 0 radical (unpaired) electrons. The number of piperazine rings is 1. The molecule has 28 heavy (non-hydrogen) atoms. The van der Waals surface area contributed by atoms with E-state index >= 15 is 0 Å². The number of anilines is 1. The van der Waals surface area contributed by atoms with Gasteiger partial charge in [-0.2, -0.15) is 0 Å². The number of hydrogen-bond acceptors (Lipinski definition) is 4. The lowest BCUT2D eigenvalue weighted by Crippen LogP contribution is -3.13. The van der Waals surface area contributed by atoms with Gasteiger partial charge in [0.25, 0.3) is 0 Å². The second kappa shape index (κ2) is 7.86. The number of nitrogens with one attached hydrogen (secondary N) is 1. The number of ether oxygens (including phenoxy) is 1. The van der Waals surface area contributed by atoms with Gasteiger partial charge in [-0.3, -0.25) is 4.98 Å². The Morgan fingerprint density at radius 1 is 1.18 bits per heavy atom. The summed E-state index contributed by atoms with van der Waals surface area (Å²) in [5.74, 6) is -0.252. The molecule has 1 aliphatic rings. The zero-order valence-electron chi connectivity index (χ0n) is 15.9. The van der Waals surface area contributed by atoms with Gasteiger partial charge in [-0.1, -0.05) is 30.3 Å². The van der Waals surface area contributed by atoms with Crippen molar-refractivity contribution in [2.45, 2.75) is 6.54 Å². The SMILES string of the molecule is COc1ccc2ncc(C(=O)O)c(N3CC[NH+](Cc4ccccc4)CC3)c2c1. The number of pyridine rings is 1. The van der Waals surface area contributed by atoms with Crippen LogP contribution in [0.15, 0.2) is 54.7 Å². The summed E-state index contributed by atoms with van der Waals surface area (Å²) in [6, 6.07) is 16.1. The summed E-state index contributed by atoms with van der Waals surface area (Å²) in [4.78, 5) is 19.9. The molecular formula is C22H24N3O3+. The molecule has 0 bridgehead atoms. The van der Waals surface area contributed by atoms with Crippen LogP contribution >= 0.6 is 0 Å². The van der Waals surface area contributed by atoms with Crippen LogP contribution in [0.2, 0.25) is 0 Å². The van der Waals surface area contributed by atoms with Crippen LogP contribution in [0.3, 0.4) is 0 Å². The van der Waals surface area contributed by atoms with E-state index in [9.17, 15) is 9.90 Å². The Hall–Kier alpha value is -3.12. The molecule has 1 fully saturated rings. The molecule has 144 valence electrons. The fourth-order valence-corrected chi connectivity index (χ4v) is 3.89. The van der Waals surface area contributed by atoms with E-state index in [0.29, 0.717) is 5.75 Å². The van der Waals surface area contributed by atoms with Crippen LogP contribution in [0.1, 0.15) is 15.9 Å². The molecule has 0 saturated carbocycles. The molecule has 0 aliphatic carbocycles. The first-order valence-corrected chi connectivity index (χ1v) is 9.48. The van der Waals surface area contributed by atoms with Gasteiger partial charge in [-0.15, -0.1) is 0 Å². The molecule has 1 aromatic heterocycles. The quantitative estimate of drug-likeness (QED) is 0.709. The van der Waals surface area contributed by atoms with E-state index in [1.165, 1.54) is 16.7 Å².